The van der Waals surface area contributed by atoms with E-state index < -0.39 is 0 Å². The molecule has 0 rings (SSSR count). The Bertz CT molecular complexity index is 138. The van der Waals surface area contributed by atoms with Gasteiger partial charge in [0.15, 0.2) is 0 Å². The van der Waals surface area contributed by atoms with Crippen LogP contribution in [0.15, 0.2) is 23.3 Å². The van der Waals surface area contributed by atoms with E-state index in [0.717, 1.165) is 24.2 Å². The van der Waals surface area contributed by atoms with Crippen molar-refractivity contribution < 1.29 is 0 Å². The quantitative estimate of drug-likeness (QED) is 0.621. The molecule has 1 N–H and O–H groups in total. The lowest BCUT2D eigenvalue weighted by Gasteiger charge is -2.02. The zero-order valence-electron chi connectivity index (χ0n) is 6.58. The molecule has 0 radical (unpaired) electrons. The third-order valence-electron chi connectivity index (χ3n) is 1.02. The van der Waals surface area contributed by atoms with Crippen LogP contribution in [0.3, 0.4) is 0 Å². The van der Waals surface area contributed by atoms with Crippen molar-refractivity contribution in [2.45, 2.75) is 13.8 Å². The Morgan fingerprint density at radius 3 is 2.50 bits per heavy atom. The number of nitrogens with one attached hydrogen (secondary N) is 1. The molecule has 0 aromatic heterocycles. The maximum atomic E-state index is 5.44. The lowest BCUT2D eigenvalue weighted by atomic mass is 10.3. The molecule has 0 aliphatic rings. The van der Waals surface area contributed by atoms with Crippen LogP contribution in [0.25, 0.3) is 0 Å². The molecule has 0 aliphatic heterocycles. The fraction of sp³-hybridized carbons (Fsp3) is 0.500. The molecule has 0 unspecified atom stereocenters. The summed E-state index contributed by atoms with van der Waals surface area (Å²) in [6.07, 6.45) is 0. The molecule has 0 heterocycles. The van der Waals surface area contributed by atoms with E-state index in [1.807, 2.05) is 13.8 Å². The van der Waals surface area contributed by atoms with Gasteiger partial charge in [0.1, 0.15) is 0 Å². The largest absolute Gasteiger partial charge is 0.309 e. The van der Waals surface area contributed by atoms with Crippen LogP contribution in [0, 0.1) is 0 Å². The summed E-state index contributed by atoms with van der Waals surface area (Å²) < 4.78 is 0. The Morgan fingerprint density at radius 1 is 1.50 bits per heavy atom. The number of halogens is 1. The summed E-state index contributed by atoms with van der Waals surface area (Å²) in [5, 5.41) is 3.18. The van der Waals surface area contributed by atoms with E-state index in [2.05, 4.69) is 11.9 Å². The number of hydrogen-bond acceptors (Lipinski definition) is 1. The molecular weight excluding hydrogens is 146 g/mol. The smallest absolute Gasteiger partial charge is 0.0176 e. The summed E-state index contributed by atoms with van der Waals surface area (Å²) in [7, 11) is 0. The van der Waals surface area contributed by atoms with Gasteiger partial charge in [0, 0.05) is 18.6 Å². The van der Waals surface area contributed by atoms with Crippen molar-refractivity contribution in [3.63, 3.8) is 0 Å². The third kappa shape index (κ3) is 5.86. The van der Waals surface area contributed by atoms with Crippen LogP contribution in [0.4, 0.5) is 0 Å². The van der Waals surface area contributed by atoms with Crippen LogP contribution >= 0.6 is 11.6 Å². The molecule has 58 valence electrons. The Labute approximate surface area is 67.8 Å². The van der Waals surface area contributed by atoms with Gasteiger partial charge in [0.25, 0.3) is 0 Å². The maximum absolute atomic E-state index is 5.44. The molecule has 1 nitrogen and oxygen atoms in total. The Morgan fingerprint density at radius 2 is 2.10 bits per heavy atom. The standard InChI is InChI=1S/C8H14ClN/c1-7(2)5-10-6-8(3)4-9/h4,10H,1,5-6H2,2-3H3. The van der Waals surface area contributed by atoms with Crippen molar-refractivity contribution in [3.05, 3.63) is 23.3 Å². The van der Waals surface area contributed by atoms with Crippen molar-refractivity contribution in [1.82, 2.24) is 5.32 Å². The average molecular weight is 160 g/mol. The van der Waals surface area contributed by atoms with Gasteiger partial charge < -0.3 is 5.32 Å². The normalized spacial score (nSPS) is 11.7. The summed E-state index contributed by atoms with van der Waals surface area (Å²) in [5.74, 6) is 0. The zero-order chi connectivity index (χ0) is 7.98. The van der Waals surface area contributed by atoms with E-state index in [4.69, 9.17) is 11.6 Å². The molecule has 0 bridgehead atoms. The summed E-state index contributed by atoms with van der Waals surface area (Å²) in [5.41, 5.74) is 3.87. The van der Waals surface area contributed by atoms with E-state index >= 15 is 0 Å². The summed E-state index contributed by atoms with van der Waals surface area (Å²) in [6, 6.07) is 0. The second-order valence-corrected chi connectivity index (χ2v) is 2.73. The monoisotopic (exact) mass is 159 g/mol. The minimum absolute atomic E-state index is 0.844. The highest BCUT2D eigenvalue weighted by Crippen LogP contribution is 1.92. The zero-order valence-corrected chi connectivity index (χ0v) is 7.33. The van der Waals surface area contributed by atoms with Crippen LogP contribution in [-0.2, 0) is 0 Å². The lowest BCUT2D eigenvalue weighted by molar-refractivity contribution is 0.792. The first kappa shape index (κ1) is 9.73. The van der Waals surface area contributed by atoms with Crippen LogP contribution in [0.5, 0.6) is 0 Å². The maximum Gasteiger partial charge on any atom is 0.0176 e. The third-order valence-corrected chi connectivity index (χ3v) is 1.39. The van der Waals surface area contributed by atoms with E-state index in [0.29, 0.717) is 0 Å². The molecule has 0 atom stereocenters. The van der Waals surface area contributed by atoms with Crippen LogP contribution in [0.1, 0.15) is 13.8 Å². The van der Waals surface area contributed by atoms with Gasteiger partial charge in [-0.3, -0.25) is 0 Å². The van der Waals surface area contributed by atoms with Crippen molar-refractivity contribution in [2.75, 3.05) is 13.1 Å². The van der Waals surface area contributed by atoms with Crippen molar-refractivity contribution >= 4 is 11.6 Å². The van der Waals surface area contributed by atoms with Crippen LogP contribution < -0.4 is 5.32 Å². The molecule has 0 saturated carbocycles. The molecule has 0 aliphatic carbocycles. The van der Waals surface area contributed by atoms with Crippen LogP contribution in [0.2, 0.25) is 0 Å². The van der Waals surface area contributed by atoms with E-state index in [-0.39, 0.29) is 0 Å². The van der Waals surface area contributed by atoms with Gasteiger partial charge in [-0.15, -0.1) is 0 Å². The van der Waals surface area contributed by atoms with Gasteiger partial charge in [-0.05, 0) is 19.4 Å². The topological polar surface area (TPSA) is 12.0 Å². The first-order chi connectivity index (χ1) is 4.66. The molecule has 10 heavy (non-hydrogen) atoms. The molecule has 0 fully saturated rings. The highest BCUT2D eigenvalue weighted by molar-refractivity contribution is 6.25. The number of hydrogen-bond donors (Lipinski definition) is 1. The minimum atomic E-state index is 0.844. The first-order valence-electron chi connectivity index (χ1n) is 3.27. The van der Waals surface area contributed by atoms with Gasteiger partial charge in [-0.1, -0.05) is 23.8 Å². The summed E-state index contributed by atoms with van der Waals surface area (Å²) in [6.45, 7) is 9.45. The molecule has 0 aromatic carbocycles. The second-order valence-electron chi connectivity index (χ2n) is 2.52. The highest BCUT2D eigenvalue weighted by atomic mass is 35.5. The van der Waals surface area contributed by atoms with E-state index in [1.54, 1.807) is 5.54 Å². The van der Waals surface area contributed by atoms with E-state index in [9.17, 15) is 0 Å². The fourth-order valence-corrected chi connectivity index (χ4v) is 0.589. The minimum Gasteiger partial charge on any atom is -0.309 e. The Balaban J connectivity index is 3.29. The lowest BCUT2D eigenvalue weighted by Crippen LogP contribution is -2.17. The Kier molecular flexibility index (Phi) is 5.36. The molecule has 0 saturated heterocycles. The molecule has 0 aromatic rings. The predicted molar refractivity (Wildman–Crippen MR) is 47.3 cm³/mol. The van der Waals surface area contributed by atoms with Crippen molar-refractivity contribution in [3.8, 4) is 0 Å². The van der Waals surface area contributed by atoms with Crippen molar-refractivity contribution in [2.24, 2.45) is 0 Å². The Hall–Kier alpha value is -0.270. The van der Waals surface area contributed by atoms with Crippen LogP contribution in [-0.4, -0.2) is 13.1 Å². The average Bonchev–Trinajstić information content (AvgIpc) is 1.87. The molecule has 0 amide bonds. The van der Waals surface area contributed by atoms with Gasteiger partial charge >= 0.3 is 0 Å². The summed E-state index contributed by atoms with van der Waals surface area (Å²) >= 11 is 5.44. The molecule has 2 heteroatoms. The predicted octanol–water partition coefficient (Wildman–Crippen LogP) is 2.29. The SMILES string of the molecule is C=C(C)CNCC(C)=CCl. The van der Waals surface area contributed by atoms with Gasteiger partial charge in [0.2, 0.25) is 0 Å². The van der Waals surface area contributed by atoms with Gasteiger partial charge in [0.05, 0.1) is 0 Å². The van der Waals surface area contributed by atoms with Crippen molar-refractivity contribution in [1.29, 1.82) is 0 Å². The second kappa shape index (κ2) is 5.51. The summed E-state index contributed by atoms with van der Waals surface area (Å²) in [4.78, 5) is 0. The highest BCUT2D eigenvalue weighted by Gasteiger charge is 1.87. The number of rotatable bonds is 4. The molecule has 0 spiro atoms. The van der Waals surface area contributed by atoms with Gasteiger partial charge in [-0.25, -0.2) is 0 Å². The van der Waals surface area contributed by atoms with E-state index in [1.165, 1.54) is 0 Å². The first-order valence-corrected chi connectivity index (χ1v) is 3.71. The molecular formula is C8H14ClN. The van der Waals surface area contributed by atoms with Gasteiger partial charge in [-0.2, -0.15) is 0 Å². The fourth-order valence-electron chi connectivity index (χ4n) is 0.512.